The van der Waals surface area contributed by atoms with Crippen LogP contribution in [0.25, 0.3) is 10.8 Å². The molecule has 1 N–H and O–H groups in total. The summed E-state index contributed by atoms with van der Waals surface area (Å²) >= 11 is 6.03. The molecule has 1 atom stereocenters. The van der Waals surface area contributed by atoms with E-state index >= 15 is 0 Å². The third kappa shape index (κ3) is 4.64. The van der Waals surface area contributed by atoms with Crippen LogP contribution in [0.5, 0.6) is 0 Å². The zero-order chi connectivity index (χ0) is 24.2. The molecule has 7 heteroatoms. The number of benzene rings is 3. The minimum Gasteiger partial charge on any atom is -0.354 e. The number of nitrogens with zero attached hydrogens (tertiary/aromatic N) is 2. The number of hydrogen-bond donors (Lipinski definition) is 1. The molecule has 0 saturated carbocycles. The van der Waals surface area contributed by atoms with E-state index in [-0.39, 0.29) is 30.8 Å². The van der Waals surface area contributed by atoms with Gasteiger partial charge in [0, 0.05) is 29.1 Å². The van der Waals surface area contributed by atoms with Gasteiger partial charge in [0.05, 0.1) is 5.69 Å². The first-order chi connectivity index (χ1) is 16.4. The van der Waals surface area contributed by atoms with Crippen LogP contribution in [0.2, 0.25) is 5.02 Å². The molecule has 6 nitrogen and oxygen atoms in total. The average molecular weight is 478 g/mol. The maximum atomic E-state index is 13.7. The summed E-state index contributed by atoms with van der Waals surface area (Å²) < 4.78 is 0. The number of hydrogen-bond acceptors (Lipinski definition) is 3. The number of amides is 3. The summed E-state index contributed by atoms with van der Waals surface area (Å²) in [6.07, 6.45) is 1.26. The lowest BCUT2D eigenvalue weighted by atomic mass is 10.1. The molecule has 0 radical (unpaired) electrons. The number of carbonyl (C=O) groups excluding carboxylic acids is 3. The van der Waals surface area contributed by atoms with Crippen LogP contribution in [0, 0.1) is 0 Å². The molecule has 0 fully saturated rings. The maximum Gasteiger partial charge on any atom is 0.259 e. The van der Waals surface area contributed by atoms with E-state index in [1.807, 2.05) is 56.3 Å². The Bertz CT molecular complexity index is 1220. The summed E-state index contributed by atoms with van der Waals surface area (Å²) in [5.74, 6) is -0.675. The van der Waals surface area contributed by atoms with E-state index in [0.29, 0.717) is 23.6 Å². The molecule has 1 unspecified atom stereocenters. The summed E-state index contributed by atoms with van der Waals surface area (Å²) in [5, 5.41) is 5.33. The van der Waals surface area contributed by atoms with E-state index in [1.165, 1.54) is 4.90 Å². The Hall–Kier alpha value is -3.38. The molecule has 0 spiro atoms. The van der Waals surface area contributed by atoms with Crippen molar-refractivity contribution in [3.63, 3.8) is 0 Å². The maximum absolute atomic E-state index is 13.7. The number of halogens is 1. The Balaban J connectivity index is 1.64. The number of nitrogens with one attached hydrogen (secondary N) is 1. The van der Waals surface area contributed by atoms with Crippen molar-refractivity contribution in [2.45, 2.75) is 39.3 Å². The number of anilines is 1. The molecule has 0 aromatic heterocycles. The Morgan fingerprint density at radius 2 is 1.74 bits per heavy atom. The predicted octanol–water partition coefficient (Wildman–Crippen LogP) is 4.79. The van der Waals surface area contributed by atoms with Gasteiger partial charge >= 0.3 is 0 Å². The van der Waals surface area contributed by atoms with Crippen LogP contribution >= 0.6 is 11.6 Å². The number of carbonyl (C=O) groups is 3. The van der Waals surface area contributed by atoms with Gasteiger partial charge in [0.2, 0.25) is 11.8 Å². The Kier molecular flexibility index (Phi) is 7.17. The highest BCUT2D eigenvalue weighted by molar-refractivity contribution is 6.30. The van der Waals surface area contributed by atoms with Crippen molar-refractivity contribution < 1.29 is 14.4 Å². The monoisotopic (exact) mass is 477 g/mol. The molecule has 3 aromatic carbocycles. The lowest BCUT2D eigenvalue weighted by Gasteiger charge is -2.32. The quantitative estimate of drug-likeness (QED) is 0.482. The second-order valence-electron chi connectivity index (χ2n) is 8.44. The third-order valence-electron chi connectivity index (χ3n) is 6.14. The molecule has 176 valence electrons. The van der Waals surface area contributed by atoms with Crippen molar-refractivity contribution in [2.24, 2.45) is 0 Å². The standard InChI is InChI=1S/C27H28ClN3O3/c1-3-15-29-26(33)22(4-2)30(16-18-11-13-20(28)14-12-18)24(32)17-31-23-10-6-8-19-7-5-9-21(25(19)23)27(31)34/h5-14,22H,3-4,15-17H2,1-2H3,(H,29,33). The lowest BCUT2D eigenvalue weighted by molar-refractivity contribution is -0.140. The summed E-state index contributed by atoms with van der Waals surface area (Å²) in [5.41, 5.74) is 2.18. The fourth-order valence-electron chi connectivity index (χ4n) is 4.43. The van der Waals surface area contributed by atoms with Crippen LogP contribution in [0.3, 0.4) is 0 Å². The summed E-state index contributed by atoms with van der Waals surface area (Å²) in [7, 11) is 0. The van der Waals surface area contributed by atoms with E-state index in [2.05, 4.69) is 5.32 Å². The van der Waals surface area contributed by atoms with E-state index in [4.69, 9.17) is 11.6 Å². The van der Waals surface area contributed by atoms with Gasteiger partial charge in [-0.1, -0.05) is 61.8 Å². The highest BCUT2D eigenvalue weighted by atomic mass is 35.5. The lowest BCUT2D eigenvalue weighted by Crippen LogP contribution is -2.52. The molecule has 3 aromatic rings. The smallest absolute Gasteiger partial charge is 0.259 e. The van der Waals surface area contributed by atoms with Crippen molar-refractivity contribution in [2.75, 3.05) is 18.0 Å². The van der Waals surface area contributed by atoms with E-state index in [1.54, 1.807) is 23.1 Å². The third-order valence-corrected chi connectivity index (χ3v) is 6.40. The summed E-state index contributed by atoms with van der Waals surface area (Å²) in [6.45, 7) is 4.51. The normalized spacial score (nSPS) is 13.3. The Morgan fingerprint density at radius 1 is 1.03 bits per heavy atom. The first kappa shape index (κ1) is 23.8. The molecule has 0 aliphatic carbocycles. The molecule has 3 amide bonds. The second-order valence-corrected chi connectivity index (χ2v) is 8.87. The molecule has 1 heterocycles. The SMILES string of the molecule is CCCNC(=O)C(CC)N(Cc1ccc(Cl)cc1)C(=O)CN1C(=O)c2cccc3cccc1c23. The van der Waals surface area contributed by atoms with Crippen molar-refractivity contribution >= 4 is 45.8 Å². The van der Waals surface area contributed by atoms with E-state index < -0.39 is 6.04 Å². The van der Waals surface area contributed by atoms with Crippen LogP contribution in [-0.4, -0.2) is 41.8 Å². The van der Waals surface area contributed by atoms with E-state index in [0.717, 1.165) is 28.4 Å². The van der Waals surface area contributed by atoms with Crippen LogP contribution < -0.4 is 10.2 Å². The fourth-order valence-corrected chi connectivity index (χ4v) is 4.56. The number of rotatable bonds is 9. The second kappa shape index (κ2) is 10.3. The minimum absolute atomic E-state index is 0.141. The molecule has 1 aliphatic rings. The molecule has 1 aliphatic heterocycles. The van der Waals surface area contributed by atoms with Gasteiger partial charge in [-0.05, 0) is 48.1 Å². The molecular weight excluding hydrogens is 450 g/mol. The average Bonchev–Trinajstić information content (AvgIpc) is 3.11. The van der Waals surface area contributed by atoms with Crippen LogP contribution in [0.1, 0.15) is 42.6 Å². The summed E-state index contributed by atoms with van der Waals surface area (Å²) in [4.78, 5) is 42.9. The molecular formula is C27H28ClN3O3. The Morgan fingerprint density at radius 3 is 2.41 bits per heavy atom. The van der Waals surface area contributed by atoms with Gasteiger partial charge in [-0.25, -0.2) is 0 Å². The van der Waals surface area contributed by atoms with Crippen molar-refractivity contribution in [3.05, 3.63) is 76.8 Å². The Labute approximate surface area is 204 Å². The highest BCUT2D eigenvalue weighted by Crippen LogP contribution is 2.37. The first-order valence-electron chi connectivity index (χ1n) is 11.6. The van der Waals surface area contributed by atoms with Gasteiger partial charge in [-0.2, -0.15) is 0 Å². The van der Waals surface area contributed by atoms with Crippen LogP contribution in [0.15, 0.2) is 60.7 Å². The van der Waals surface area contributed by atoms with Crippen molar-refractivity contribution in [1.29, 1.82) is 0 Å². The van der Waals surface area contributed by atoms with Crippen molar-refractivity contribution in [1.82, 2.24) is 10.2 Å². The minimum atomic E-state index is -0.648. The zero-order valence-corrected chi connectivity index (χ0v) is 20.1. The van der Waals surface area contributed by atoms with Gasteiger partial charge < -0.3 is 10.2 Å². The van der Waals surface area contributed by atoms with Gasteiger partial charge in [0.25, 0.3) is 5.91 Å². The van der Waals surface area contributed by atoms with Gasteiger partial charge in [-0.3, -0.25) is 19.3 Å². The molecule has 34 heavy (non-hydrogen) atoms. The topological polar surface area (TPSA) is 69.7 Å². The first-order valence-corrected chi connectivity index (χ1v) is 12.0. The zero-order valence-electron chi connectivity index (χ0n) is 19.4. The van der Waals surface area contributed by atoms with E-state index in [9.17, 15) is 14.4 Å². The molecule has 0 bridgehead atoms. The molecule has 0 saturated heterocycles. The van der Waals surface area contributed by atoms with Crippen molar-refractivity contribution in [3.8, 4) is 0 Å². The van der Waals surface area contributed by atoms with Gasteiger partial charge in [0.15, 0.2) is 0 Å². The largest absolute Gasteiger partial charge is 0.354 e. The fraction of sp³-hybridized carbons (Fsp3) is 0.296. The summed E-state index contributed by atoms with van der Waals surface area (Å²) in [6, 6.07) is 17.9. The van der Waals surface area contributed by atoms with Crippen LogP contribution in [-0.2, 0) is 16.1 Å². The van der Waals surface area contributed by atoms with Gasteiger partial charge in [-0.15, -0.1) is 0 Å². The highest BCUT2D eigenvalue weighted by Gasteiger charge is 2.35. The van der Waals surface area contributed by atoms with Gasteiger partial charge in [0.1, 0.15) is 12.6 Å². The predicted molar refractivity (Wildman–Crippen MR) is 135 cm³/mol. The van der Waals surface area contributed by atoms with Crippen LogP contribution in [0.4, 0.5) is 5.69 Å². The molecule has 4 rings (SSSR count).